The van der Waals surface area contributed by atoms with Crippen molar-refractivity contribution in [1.29, 1.82) is 0 Å². The number of hydrogen-bond donors (Lipinski definition) is 0. The number of halogens is 4. The van der Waals surface area contributed by atoms with Crippen LogP contribution in [-0.4, -0.2) is 15.0 Å². The minimum atomic E-state index is -0.420. The first-order valence-electron chi connectivity index (χ1n) is 4.29. The zero-order valence-electron chi connectivity index (χ0n) is 8.24. The second kappa shape index (κ2) is 8.20. The lowest BCUT2D eigenvalue weighted by atomic mass is 10.1. The first-order chi connectivity index (χ1) is 6.47. The third kappa shape index (κ3) is 7.33. The molecule has 14 heavy (non-hydrogen) atoms. The minimum absolute atomic E-state index is 0.316. The van der Waals surface area contributed by atoms with Gasteiger partial charge in [-0.25, -0.2) is 0 Å². The molecule has 0 unspecified atom stereocenters. The van der Waals surface area contributed by atoms with E-state index in [4.69, 9.17) is 23.2 Å². The average Bonchev–Trinajstić information content (AvgIpc) is 2.12. The van der Waals surface area contributed by atoms with Gasteiger partial charge in [-0.05, 0) is 20.3 Å². The minimum Gasteiger partial charge on any atom is -0.101 e. The predicted molar refractivity (Wildman–Crippen MR) is 74.1 cm³/mol. The molecule has 0 aliphatic rings. The molecule has 0 amide bonds. The van der Waals surface area contributed by atoms with E-state index in [9.17, 15) is 0 Å². The number of alkyl halides is 4. The van der Waals surface area contributed by atoms with E-state index in [2.05, 4.69) is 44.9 Å². The molecule has 0 rings (SSSR count). The Bertz CT molecular complexity index is 222. The van der Waals surface area contributed by atoms with Crippen LogP contribution in [-0.2, 0) is 0 Å². The summed E-state index contributed by atoms with van der Waals surface area (Å²) < 4.78 is 0. The Hall–Kier alpha value is 1.02. The molecule has 0 aromatic rings. The maximum Gasteiger partial charge on any atom is 0.126 e. The maximum atomic E-state index is 5.65. The molecule has 0 nitrogen and oxygen atoms in total. The van der Waals surface area contributed by atoms with Crippen LogP contribution in [0.15, 0.2) is 23.3 Å². The van der Waals surface area contributed by atoms with E-state index in [-0.39, 0.29) is 0 Å². The number of hydrogen-bond acceptors (Lipinski definition) is 0. The molecule has 0 saturated heterocycles. The van der Waals surface area contributed by atoms with Crippen molar-refractivity contribution in [1.82, 2.24) is 0 Å². The van der Waals surface area contributed by atoms with Crippen molar-refractivity contribution in [3.8, 4) is 0 Å². The average molecular weight is 365 g/mol. The molecule has 0 saturated carbocycles. The van der Waals surface area contributed by atoms with Gasteiger partial charge < -0.3 is 0 Å². The Morgan fingerprint density at radius 3 is 2.36 bits per heavy atom. The van der Waals surface area contributed by atoms with Crippen LogP contribution in [0, 0.1) is 0 Å². The molecular formula is C10H14Br2Cl2. The first-order valence-corrected chi connectivity index (χ1v) is 7.20. The smallest absolute Gasteiger partial charge is 0.101 e. The molecule has 1 atom stereocenters. The summed E-state index contributed by atoms with van der Waals surface area (Å²) in [6, 6.07) is 0. The molecule has 0 spiro atoms. The maximum absolute atomic E-state index is 5.65. The van der Waals surface area contributed by atoms with Crippen molar-refractivity contribution < 1.29 is 0 Å². The third-order valence-electron chi connectivity index (χ3n) is 1.77. The summed E-state index contributed by atoms with van der Waals surface area (Å²) in [7, 11) is 0. The van der Waals surface area contributed by atoms with Crippen molar-refractivity contribution in [2.24, 2.45) is 0 Å². The highest BCUT2D eigenvalue weighted by atomic mass is 79.9. The third-order valence-corrected chi connectivity index (χ3v) is 4.00. The SMILES string of the molecule is C/C(=C\C[C@H](Br)/C(C)=C/C(Cl)Cl)CBr. The van der Waals surface area contributed by atoms with Gasteiger partial charge in [0, 0.05) is 10.2 Å². The highest BCUT2D eigenvalue weighted by Gasteiger charge is 2.06. The van der Waals surface area contributed by atoms with Crippen LogP contribution in [0.2, 0.25) is 0 Å². The van der Waals surface area contributed by atoms with Gasteiger partial charge in [-0.15, -0.1) is 23.2 Å². The normalized spacial score (nSPS) is 16.2. The highest BCUT2D eigenvalue weighted by Crippen LogP contribution is 2.20. The molecule has 0 aromatic carbocycles. The zero-order valence-corrected chi connectivity index (χ0v) is 12.9. The molecule has 0 N–H and O–H groups in total. The van der Waals surface area contributed by atoms with Crippen LogP contribution < -0.4 is 0 Å². The van der Waals surface area contributed by atoms with E-state index in [1.807, 2.05) is 13.0 Å². The van der Waals surface area contributed by atoms with Crippen molar-refractivity contribution in [3.05, 3.63) is 23.3 Å². The Balaban J connectivity index is 4.15. The van der Waals surface area contributed by atoms with Crippen molar-refractivity contribution in [2.45, 2.75) is 29.9 Å². The van der Waals surface area contributed by atoms with E-state index >= 15 is 0 Å². The van der Waals surface area contributed by atoms with Gasteiger partial charge in [0.15, 0.2) is 0 Å². The molecular weight excluding hydrogens is 351 g/mol. The van der Waals surface area contributed by atoms with Gasteiger partial charge in [-0.2, -0.15) is 0 Å². The van der Waals surface area contributed by atoms with Gasteiger partial charge in [-0.3, -0.25) is 0 Å². The van der Waals surface area contributed by atoms with Crippen LogP contribution >= 0.6 is 55.1 Å². The summed E-state index contributed by atoms with van der Waals surface area (Å²) in [6.45, 7) is 4.12. The molecule has 0 aromatic heterocycles. The lowest BCUT2D eigenvalue weighted by molar-refractivity contribution is 0.999. The standard InChI is InChI=1S/C10H14Br2Cl2/c1-7(6-11)3-4-9(12)8(2)5-10(13)14/h3,5,9-10H,4,6H2,1-2H3/b7-3+,8-5+/t9-/m0/s1. The fraction of sp³-hybridized carbons (Fsp3) is 0.600. The Labute approximate surface area is 113 Å². The van der Waals surface area contributed by atoms with E-state index in [0.717, 1.165) is 11.8 Å². The highest BCUT2D eigenvalue weighted by molar-refractivity contribution is 9.09. The summed E-state index contributed by atoms with van der Waals surface area (Å²) in [5.41, 5.74) is 2.49. The molecule has 82 valence electrons. The van der Waals surface area contributed by atoms with Gasteiger partial charge in [0.25, 0.3) is 0 Å². The van der Waals surface area contributed by atoms with Gasteiger partial charge >= 0.3 is 0 Å². The first kappa shape index (κ1) is 15.0. The Kier molecular flexibility index (Phi) is 8.80. The number of rotatable bonds is 5. The Morgan fingerprint density at radius 1 is 1.36 bits per heavy atom. The summed E-state index contributed by atoms with van der Waals surface area (Å²) in [6.07, 6.45) is 5.00. The quantitative estimate of drug-likeness (QED) is 0.462. The largest absolute Gasteiger partial charge is 0.126 e. The van der Waals surface area contributed by atoms with Crippen molar-refractivity contribution in [3.63, 3.8) is 0 Å². The lowest BCUT2D eigenvalue weighted by Gasteiger charge is -2.08. The van der Waals surface area contributed by atoms with Crippen LogP contribution in [0.3, 0.4) is 0 Å². The second-order valence-corrected chi connectivity index (χ2v) is 5.96. The zero-order chi connectivity index (χ0) is 11.1. The summed E-state index contributed by atoms with van der Waals surface area (Å²) in [4.78, 5) is -0.104. The number of allylic oxidation sites excluding steroid dienone is 4. The topological polar surface area (TPSA) is 0 Å². The van der Waals surface area contributed by atoms with Crippen molar-refractivity contribution in [2.75, 3.05) is 5.33 Å². The van der Waals surface area contributed by atoms with E-state index < -0.39 is 4.84 Å². The van der Waals surface area contributed by atoms with Crippen LogP contribution in [0.25, 0.3) is 0 Å². The molecule has 0 heterocycles. The second-order valence-electron chi connectivity index (χ2n) is 3.13. The molecule has 0 aliphatic heterocycles. The van der Waals surface area contributed by atoms with Crippen molar-refractivity contribution >= 4 is 55.1 Å². The summed E-state index contributed by atoms with van der Waals surface area (Å²) in [5.74, 6) is 0. The molecule has 0 radical (unpaired) electrons. The van der Waals surface area contributed by atoms with Crippen LogP contribution in [0.1, 0.15) is 20.3 Å². The van der Waals surface area contributed by atoms with Gasteiger partial charge in [-0.1, -0.05) is 55.2 Å². The van der Waals surface area contributed by atoms with Gasteiger partial charge in [0.1, 0.15) is 4.84 Å². The predicted octanol–water partition coefficient (Wildman–Crippen LogP) is 5.23. The molecule has 0 bridgehead atoms. The molecule has 4 heteroatoms. The van der Waals surface area contributed by atoms with Crippen LogP contribution in [0.4, 0.5) is 0 Å². The Morgan fingerprint density at radius 2 is 1.93 bits per heavy atom. The monoisotopic (exact) mass is 362 g/mol. The van der Waals surface area contributed by atoms with Crippen LogP contribution in [0.5, 0.6) is 0 Å². The van der Waals surface area contributed by atoms with E-state index in [1.165, 1.54) is 11.1 Å². The lowest BCUT2D eigenvalue weighted by Crippen LogP contribution is -2.00. The van der Waals surface area contributed by atoms with Gasteiger partial charge in [0.2, 0.25) is 0 Å². The van der Waals surface area contributed by atoms with E-state index in [0.29, 0.717) is 4.83 Å². The summed E-state index contributed by atoms with van der Waals surface area (Å²) >= 11 is 18.3. The van der Waals surface area contributed by atoms with E-state index in [1.54, 1.807) is 0 Å². The fourth-order valence-corrected chi connectivity index (χ4v) is 1.81. The molecule has 0 aliphatic carbocycles. The summed E-state index contributed by atoms with van der Waals surface area (Å²) in [5, 5.41) is 0.920. The fourth-order valence-electron chi connectivity index (χ4n) is 0.848. The molecule has 0 fully saturated rings. The van der Waals surface area contributed by atoms with Gasteiger partial charge in [0.05, 0.1) is 0 Å².